The summed E-state index contributed by atoms with van der Waals surface area (Å²) in [5.41, 5.74) is 3.07. The summed E-state index contributed by atoms with van der Waals surface area (Å²) in [4.78, 5) is 29.6. The summed E-state index contributed by atoms with van der Waals surface area (Å²) in [7, 11) is 0. The van der Waals surface area contributed by atoms with Gasteiger partial charge in [-0.2, -0.15) is 0 Å². The Labute approximate surface area is 176 Å². The lowest BCUT2D eigenvalue weighted by Gasteiger charge is -2.24. The molecule has 1 saturated carbocycles. The van der Waals surface area contributed by atoms with Crippen LogP contribution in [0, 0.1) is 13.8 Å². The number of carbonyl (C=O) groups excluding carboxylic acids is 2. The summed E-state index contributed by atoms with van der Waals surface area (Å²) in [6.45, 7) is 3.91. The molecule has 0 saturated heterocycles. The lowest BCUT2D eigenvalue weighted by atomic mass is 9.95. The number of nitrogens with zero attached hydrogens (tertiary/aromatic N) is 1. The van der Waals surface area contributed by atoms with Crippen molar-refractivity contribution in [2.45, 2.75) is 56.9 Å². The van der Waals surface area contributed by atoms with E-state index in [2.05, 4.69) is 5.32 Å². The predicted octanol–water partition coefficient (Wildman–Crippen LogP) is 5.10. The molecule has 2 aromatic rings. The Balaban J connectivity index is 1.71. The standard InChI is InChI=1S/C24H26N2O2S/c1-16-13-14-17(2)20(15-16)26-23(27)21(25-18-9-5-3-6-10-18)22(24(26)28)29-19-11-7-4-8-12-19/h4,7-8,11-15,18,25H,3,5-6,9-10H2,1-2H3. The third-order valence-corrected chi connectivity index (χ3v) is 6.65. The van der Waals surface area contributed by atoms with E-state index in [4.69, 9.17) is 0 Å². The molecular formula is C24H26N2O2S. The van der Waals surface area contributed by atoms with E-state index in [0.717, 1.165) is 41.7 Å². The SMILES string of the molecule is Cc1ccc(C)c(N2C(=O)C(NC3CCCCC3)=C(Sc3ccccc3)C2=O)c1. The van der Waals surface area contributed by atoms with Gasteiger partial charge in [-0.25, -0.2) is 4.90 Å². The molecule has 1 fully saturated rings. The molecule has 4 nitrogen and oxygen atoms in total. The van der Waals surface area contributed by atoms with Gasteiger partial charge in [-0.15, -0.1) is 0 Å². The Bertz CT molecular complexity index is 962. The molecule has 5 heteroatoms. The number of amides is 2. The quantitative estimate of drug-likeness (QED) is 0.702. The third kappa shape index (κ3) is 4.10. The number of benzene rings is 2. The second-order valence-corrected chi connectivity index (χ2v) is 8.92. The first-order valence-electron chi connectivity index (χ1n) is 10.2. The number of nitrogens with one attached hydrogen (secondary N) is 1. The van der Waals surface area contributed by atoms with Gasteiger partial charge in [0.1, 0.15) is 10.6 Å². The van der Waals surface area contributed by atoms with Crippen molar-refractivity contribution in [3.8, 4) is 0 Å². The van der Waals surface area contributed by atoms with Crippen LogP contribution in [0.15, 0.2) is 64.0 Å². The molecule has 0 unspecified atom stereocenters. The van der Waals surface area contributed by atoms with E-state index < -0.39 is 0 Å². The van der Waals surface area contributed by atoms with E-state index in [9.17, 15) is 9.59 Å². The minimum atomic E-state index is -0.243. The van der Waals surface area contributed by atoms with Crippen LogP contribution in [0.25, 0.3) is 0 Å². The number of aryl methyl sites for hydroxylation is 2. The molecule has 2 aliphatic rings. The van der Waals surface area contributed by atoms with E-state index in [-0.39, 0.29) is 17.9 Å². The summed E-state index contributed by atoms with van der Waals surface area (Å²) in [5, 5.41) is 3.45. The molecule has 29 heavy (non-hydrogen) atoms. The number of carbonyl (C=O) groups is 2. The maximum absolute atomic E-state index is 13.4. The number of anilines is 1. The van der Waals surface area contributed by atoms with Gasteiger partial charge in [-0.3, -0.25) is 9.59 Å². The van der Waals surface area contributed by atoms with Crippen molar-refractivity contribution < 1.29 is 9.59 Å². The Hall–Kier alpha value is -2.53. The number of hydrogen-bond donors (Lipinski definition) is 1. The zero-order chi connectivity index (χ0) is 20.4. The van der Waals surface area contributed by atoms with Crippen LogP contribution in [0.3, 0.4) is 0 Å². The highest BCUT2D eigenvalue weighted by molar-refractivity contribution is 8.04. The van der Waals surface area contributed by atoms with Crippen molar-refractivity contribution in [3.05, 3.63) is 70.3 Å². The van der Waals surface area contributed by atoms with Crippen LogP contribution in [-0.4, -0.2) is 17.9 Å². The number of hydrogen-bond acceptors (Lipinski definition) is 4. The van der Waals surface area contributed by atoms with Crippen molar-refractivity contribution in [1.82, 2.24) is 5.32 Å². The van der Waals surface area contributed by atoms with Crippen molar-refractivity contribution >= 4 is 29.3 Å². The topological polar surface area (TPSA) is 49.4 Å². The van der Waals surface area contributed by atoms with Gasteiger partial charge in [-0.1, -0.05) is 61.4 Å². The van der Waals surface area contributed by atoms with Gasteiger partial charge >= 0.3 is 0 Å². The molecule has 1 aliphatic carbocycles. The average molecular weight is 407 g/mol. The normalized spacial score (nSPS) is 17.9. The Morgan fingerprint density at radius 3 is 2.38 bits per heavy atom. The van der Waals surface area contributed by atoms with E-state index in [0.29, 0.717) is 16.3 Å². The third-order valence-electron chi connectivity index (χ3n) is 5.56. The number of rotatable bonds is 5. The molecule has 1 heterocycles. The predicted molar refractivity (Wildman–Crippen MR) is 118 cm³/mol. The smallest absolute Gasteiger partial charge is 0.282 e. The van der Waals surface area contributed by atoms with E-state index in [1.807, 2.05) is 62.4 Å². The average Bonchev–Trinajstić information content (AvgIpc) is 2.95. The second kappa shape index (κ2) is 8.46. The zero-order valence-electron chi connectivity index (χ0n) is 16.9. The first-order valence-corrected chi connectivity index (χ1v) is 11.1. The lowest BCUT2D eigenvalue weighted by molar-refractivity contribution is -0.120. The Kier molecular flexibility index (Phi) is 5.76. The van der Waals surface area contributed by atoms with Gasteiger partial charge in [0.25, 0.3) is 11.8 Å². The van der Waals surface area contributed by atoms with E-state index in [1.165, 1.54) is 23.1 Å². The maximum Gasteiger partial charge on any atom is 0.282 e. The summed E-state index contributed by atoms with van der Waals surface area (Å²) in [5.74, 6) is -0.483. The Morgan fingerprint density at radius 2 is 1.66 bits per heavy atom. The maximum atomic E-state index is 13.4. The Morgan fingerprint density at radius 1 is 0.931 bits per heavy atom. The summed E-state index contributed by atoms with van der Waals surface area (Å²) in [6.07, 6.45) is 5.64. The molecule has 0 atom stereocenters. The molecule has 150 valence electrons. The highest BCUT2D eigenvalue weighted by Gasteiger charge is 2.41. The largest absolute Gasteiger partial charge is 0.377 e. The van der Waals surface area contributed by atoms with Gasteiger partial charge in [0.2, 0.25) is 0 Å². The minimum absolute atomic E-state index is 0.240. The van der Waals surface area contributed by atoms with Crippen LogP contribution in [0.2, 0.25) is 0 Å². The van der Waals surface area contributed by atoms with Gasteiger partial charge in [-0.05, 0) is 56.0 Å². The first-order chi connectivity index (χ1) is 14.0. The summed E-state index contributed by atoms with van der Waals surface area (Å²) >= 11 is 1.37. The van der Waals surface area contributed by atoms with Crippen molar-refractivity contribution in [2.75, 3.05) is 4.90 Å². The van der Waals surface area contributed by atoms with Crippen molar-refractivity contribution in [1.29, 1.82) is 0 Å². The zero-order valence-corrected chi connectivity index (χ0v) is 17.7. The van der Waals surface area contributed by atoms with Gasteiger partial charge in [0, 0.05) is 10.9 Å². The van der Waals surface area contributed by atoms with E-state index in [1.54, 1.807) is 0 Å². The molecule has 1 N–H and O–H groups in total. The molecule has 4 rings (SSSR count). The molecule has 0 spiro atoms. The number of thioether (sulfide) groups is 1. The first kappa shape index (κ1) is 19.8. The highest BCUT2D eigenvalue weighted by atomic mass is 32.2. The van der Waals surface area contributed by atoms with Crippen molar-refractivity contribution in [3.63, 3.8) is 0 Å². The highest BCUT2D eigenvalue weighted by Crippen LogP contribution is 2.38. The number of imide groups is 1. The molecule has 0 radical (unpaired) electrons. The van der Waals surface area contributed by atoms with Crippen LogP contribution < -0.4 is 10.2 Å². The van der Waals surface area contributed by atoms with Crippen LogP contribution in [0.5, 0.6) is 0 Å². The van der Waals surface area contributed by atoms with Crippen LogP contribution in [0.4, 0.5) is 5.69 Å². The molecule has 0 aromatic heterocycles. The minimum Gasteiger partial charge on any atom is -0.377 e. The monoisotopic (exact) mass is 406 g/mol. The van der Waals surface area contributed by atoms with Gasteiger partial charge in [0.15, 0.2) is 0 Å². The summed E-state index contributed by atoms with van der Waals surface area (Å²) in [6, 6.07) is 15.9. The fourth-order valence-electron chi connectivity index (χ4n) is 3.97. The fraction of sp³-hybridized carbons (Fsp3) is 0.333. The van der Waals surface area contributed by atoms with Crippen LogP contribution in [-0.2, 0) is 9.59 Å². The van der Waals surface area contributed by atoms with Gasteiger partial charge in [0.05, 0.1) is 5.69 Å². The fourth-order valence-corrected chi connectivity index (χ4v) is 4.92. The molecule has 0 bridgehead atoms. The second-order valence-electron chi connectivity index (χ2n) is 7.83. The van der Waals surface area contributed by atoms with Crippen LogP contribution in [0.1, 0.15) is 43.2 Å². The molecular weight excluding hydrogens is 380 g/mol. The lowest BCUT2D eigenvalue weighted by Crippen LogP contribution is -2.37. The van der Waals surface area contributed by atoms with Crippen molar-refractivity contribution in [2.24, 2.45) is 0 Å². The molecule has 2 amide bonds. The molecule has 1 aliphatic heterocycles. The van der Waals surface area contributed by atoms with E-state index >= 15 is 0 Å². The summed E-state index contributed by atoms with van der Waals surface area (Å²) < 4.78 is 0. The van der Waals surface area contributed by atoms with Gasteiger partial charge < -0.3 is 5.32 Å². The molecule has 2 aromatic carbocycles. The van der Waals surface area contributed by atoms with Crippen LogP contribution >= 0.6 is 11.8 Å².